The Morgan fingerprint density at radius 1 is 1.11 bits per heavy atom. The third kappa shape index (κ3) is 4.77. The highest BCUT2D eigenvalue weighted by Gasteiger charge is 2.16. The van der Waals surface area contributed by atoms with E-state index in [0.717, 1.165) is 5.56 Å². The van der Waals surface area contributed by atoms with Gasteiger partial charge in [0.15, 0.2) is 0 Å². The van der Waals surface area contributed by atoms with Crippen molar-refractivity contribution in [3.05, 3.63) is 70.5 Å². The van der Waals surface area contributed by atoms with Gasteiger partial charge in [0.2, 0.25) is 5.91 Å². The highest BCUT2D eigenvalue weighted by atomic mass is 16.2. The van der Waals surface area contributed by atoms with E-state index in [1.807, 2.05) is 55.4 Å². The Balaban J connectivity index is 1.68. The Morgan fingerprint density at radius 3 is 2.56 bits per heavy atom. The molecule has 0 aliphatic rings. The van der Waals surface area contributed by atoms with Crippen molar-refractivity contribution < 1.29 is 4.79 Å². The van der Waals surface area contributed by atoms with Crippen LogP contribution >= 0.6 is 0 Å². The topological polar surface area (TPSA) is 80.1 Å². The van der Waals surface area contributed by atoms with Crippen LogP contribution in [0.25, 0.3) is 10.9 Å². The lowest BCUT2D eigenvalue weighted by Crippen LogP contribution is -2.36. The van der Waals surface area contributed by atoms with Crippen molar-refractivity contribution in [2.45, 2.75) is 19.0 Å². The third-order valence-electron chi connectivity index (χ3n) is 4.26. The number of likely N-dealkylation sites (N-methyl/N-ethyl adjacent to an activating group) is 1. The molecule has 0 bridgehead atoms. The summed E-state index contributed by atoms with van der Waals surface area (Å²) < 4.78 is 1.24. The first-order valence-corrected chi connectivity index (χ1v) is 8.86. The molecule has 0 radical (unpaired) electrons. The molecular weight excluding hydrogens is 342 g/mol. The van der Waals surface area contributed by atoms with Gasteiger partial charge in [-0.05, 0) is 31.8 Å². The summed E-state index contributed by atoms with van der Waals surface area (Å²) in [5.74, 6) is -0.132. The Labute approximate surface area is 157 Å². The number of hydrogen-bond acceptors (Lipinski definition) is 5. The molecule has 0 aliphatic carbocycles. The molecule has 0 aliphatic heterocycles. The number of amides is 1. The molecule has 3 aromatic rings. The van der Waals surface area contributed by atoms with E-state index < -0.39 is 0 Å². The van der Waals surface area contributed by atoms with E-state index in [0.29, 0.717) is 17.4 Å². The van der Waals surface area contributed by atoms with Crippen LogP contribution in [0.15, 0.2) is 59.4 Å². The first kappa shape index (κ1) is 18.7. The van der Waals surface area contributed by atoms with Gasteiger partial charge in [0.05, 0.1) is 18.0 Å². The molecule has 27 heavy (non-hydrogen) atoms. The quantitative estimate of drug-likeness (QED) is 0.688. The number of carbonyl (C=O) groups is 1. The van der Waals surface area contributed by atoms with Crippen molar-refractivity contribution in [3.63, 3.8) is 0 Å². The van der Waals surface area contributed by atoms with Crippen LogP contribution in [0, 0.1) is 0 Å². The summed E-state index contributed by atoms with van der Waals surface area (Å²) in [7, 11) is 3.93. The molecule has 0 saturated heterocycles. The molecular formula is C20H23N5O2. The summed E-state index contributed by atoms with van der Waals surface area (Å²) in [6.07, 6.45) is 0.156. The zero-order chi connectivity index (χ0) is 19.2. The monoisotopic (exact) mass is 365 g/mol. The first-order valence-electron chi connectivity index (χ1n) is 8.86. The SMILES string of the molecule is CN(C)C[C@@H](NC(=O)CCn1nnc2ccccc2c1=O)c1ccccc1. The first-order chi connectivity index (χ1) is 13.0. The van der Waals surface area contributed by atoms with Crippen LogP contribution in [0.2, 0.25) is 0 Å². The normalized spacial score (nSPS) is 12.3. The standard InChI is InChI=1S/C20H23N5O2/c1-24(2)14-18(15-8-4-3-5-9-15)21-19(26)12-13-25-20(27)16-10-6-7-11-17(16)22-23-25/h3-11,18H,12-14H2,1-2H3,(H,21,26)/t18-/m1/s1. The van der Waals surface area contributed by atoms with Crippen molar-refractivity contribution in [2.24, 2.45) is 0 Å². The van der Waals surface area contributed by atoms with E-state index in [2.05, 4.69) is 15.6 Å². The summed E-state index contributed by atoms with van der Waals surface area (Å²) in [4.78, 5) is 26.9. The minimum absolute atomic E-state index is 0.117. The van der Waals surface area contributed by atoms with E-state index in [4.69, 9.17) is 0 Å². The molecule has 0 spiro atoms. The molecule has 1 amide bonds. The van der Waals surface area contributed by atoms with Gasteiger partial charge >= 0.3 is 0 Å². The molecule has 7 nitrogen and oxygen atoms in total. The molecule has 1 N–H and O–H groups in total. The summed E-state index contributed by atoms with van der Waals surface area (Å²) >= 11 is 0. The predicted octanol–water partition coefficient (Wildman–Crippen LogP) is 1.60. The van der Waals surface area contributed by atoms with Crippen molar-refractivity contribution in [1.82, 2.24) is 25.2 Å². The van der Waals surface area contributed by atoms with Gasteiger partial charge in [0, 0.05) is 13.0 Å². The Kier molecular flexibility index (Phi) is 5.93. The highest BCUT2D eigenvalue weighted by molar-refractivity contribution is 5.77. The summed E-state index contributed by atoms with van der Waals surface area (Å²) in [5.41, 5.74) is 1.36. The van der Waals surface area contributed by atoms with Crippen LogP contribution in [0.1, 0.15) is 18.0 Å². The fourth-order valence-electron chi connectivity index (χ4n) is 2.93. The lowest BCUT2D eigenvalue weighted by molar-refractivity contribution is -0.122. The average Bonchev–Trinajstić information content (AvgIpc) is 2.67. The van der Waals surface area contributed by atoms with Crippen LogP contribution < -0.4 is 10.9 Å². The second-order valence-electron chi connectivity index (χ2n) is 6.68. The van der Waals surface area contributed by atoms with Crippen LogP contribution in [0.4, 0.5) is 0 Å². The van der Waals surface area contributed by atoms with Gasteiger partial charge in [-0.1, -0.05) is 47.7 Å². The summed E-state index contributed by atoms with van der Waals surface area (Å²) in [6.45, 7) is 0.872. The Morgan fingerprint density at radius 2 is 1.81 bits per heavy atom. The molecule has 1 aromatic heterocycles. The molecule has 1 atom stereocenters. The lowest BCUT2D eigenvalue weighted by Gasteiger charge is -2.23. The number of aromatic nitrogens is 3. The Hall–Kier alpha value is -3.06. The van der Waals surface area contributed by atoms with Crippen LogP contribution in [-0.2, 0) is 11.3 Å². The van der Waals surface area contributed by atoms with Crippen molar-refractivity contribution in [3.8, 4) is 0 Å². The largest absolute Gasteiger partial charge is 0.348 e. The number of nitrogens with zero attached hydrogens (tertiary/aromatic N) is 4. The molecule has 2 aromatic carbocycles. The average molecular weight is 365 g/mol. The van der Waals surface area contributed by atoms with Crippen LogP contribution in [0.5, 0.6) is 0 Å². The van der Waals surface area contributed by atoms with E-state index in [9.17, 15) is 9.59 Å². The zero-order valence-electron chi connectivity index (χ0n) is 15.5. The van der Waals surface area contributed by atoms with Crippen molar-refractivity contribution in [1.29, 1.82) is 0 Å². The van der Waals surface area contributed by atoms with Gasteiger partial charge in [-0.3, -0.25) is 9.59 Å². The predicted molar refractivity (Wildman–Crippen MR) is 104 cm³/mol. The smallest absolute Gasteiger partial charge is 0.277 e. The molecule has 140 valence electrons. The maximum Gasteiger partial charge on any atom is 0.277 e. The van der Waals surface area contributed by atoms with Crippen molar-refractivity contribution >= 4 is 16.8 Å². The second-order valence-corrected chi connectivity index (χ2v) is 6.68. The lowest BCUT2D eigenvalue weighted by atomic mass is 10.1. The van der Waals surface area contributed by atoms with Gasteiger partial charge in [-0.25, -0.2) is 4.68 Å². The maximum atomic E-state index is 12.5. The molecule has 0 saturated carbocycles. The van der Waals surface area contributed by atoms with E-state index >= 15 is 0 Å². The molecule has 0 unspecified atom stereocenters. The van der Waals surface area contributed by atoms with Gasteiger partial charge < -0.3 is 10.2 Å². The number of aryl methyl sites for hydroxylation is 1. The van der Waals surface area contributed by atoms with Gasteiger partial charge in [0.1, 0.15) is 5.52 Å². The second kappa shape index (κ2) is 8.55. The number of rotatable bonds is 7. The Bertz CT molecular complexity index is 969. The molecule has 1 heterocycles. The highest BCUT2D eigenvalue weighted by Crippen LogP contribution is 2.13. The molecule has 7 heteroatoms. The van der Waals surface area contributed by atoms with E-state index in [1.165, 1.54) is 4.68 Å². The van der Waals surface area contributed by atoms with Gasteiger partial charge in [-0.15, -0.1) is 5.10 Å². The number of fused-ring (bicyclic) bond motifs is 1. The fourth-order valence-corrected chi connectivity index (χ4v) is 2.93. The number of hydrogen-bond donors (Lipinski definition) is 1. The maximum absolute atomic E-state index is 12.5. The number of nitrogens with one attached hydrogen (secondary N) is 1. The van der Waals surface area contributed by atoms with E-state index in [1.54, 1.807) is 18.2 Å². The van der Waals surface area contributed by atoms with Gasteiger partial charge in [-0.2, -0.15) is 0 Å². The zero-order valence-corrected chi connectivity index (χ0v) is 15.5. The van der Waals surface area contributed by atoms with Crippen LogP contribution in [0.3, 0.4) is 0 Å². The van der Waals surface area contributed by atoms with Crippen LogP contribution in [-0.4, -0.2) is 46.4 Å². The van der Waals surface area contributed by atoms with Crippen molar-refractivity contribution in [2.75, 3.05) is 20.6 Å². The third-order valence-corrected chi connectivity index (χ3v) is 4.26. The number of benzene rings is 2. The minimum atomic E-state index is -0.235. The van der Waals surface area contributed by atoms with Gasteiger partial charge in [0.25, 0.3) is 5.56 Å². The summed E-state index contributed by atoms with van der Waals surface area (Å²) in [6, 6.07) is 16.8. The minimum Gasteiger partial charge on any atom is -0.348 e. The van der Waals surface area contributed by atoms with E-state index in [-0.39, 0.29) is 30.5 Å². The summed E-state index contributed by atoms with van der Waals surface area (Å²) in [5, 5.41) is 11.5. The number of carbonyl (C=O) groups excluding carboxylic acids is 1. The fraction of sp³-hybridized carbons (Fsp3) is 0.300. The molecule has 3 rings (SSSR count). The molecule has 0 fully saturated rings.